The van der Waals surface area contributed by atoms with E-state index in [4.69, 9.17) is 0 Å². The molecule has 2 aromatic carbocycles. The van der Waals surface area contributed by atoms with Crippen molar-refractivity contribution in [1.29, 1.82) is 0 Å². The fourth-order valence-electron chi connectivity index (χ4n) is 5.76. The quantitative estimate of drug-likeness (QED) is 0.304. The van der Waals surface area contributed by atoms with Crippen LogP contribution in [-0.2, 0) is 19.5 Å². The van der Waals surface area contributed by atoms with E-state index in [1.807, 2.05) is 21.3 Å². The molecule has 0 radical (unpaired) electrons. The number of ketones is 2. The molecule has 3 aliphatic carbocycles. The first-order valence-corrected chi connectivity index (χ1v) is 13.1. The van der Waals surface area contributed by atoms with Gasteiger partial charge >= 0.3 is 0 Å². The number of aromatic nitrogens is 4. The van der Waals surface area contributed by atoms with Gasteiger partial charge in [0.25, 0.3) is 0 Å². The lowest BCUT2D eigenvalue weighted by Crippen LogP contribution is -2.26. The van der Waals surface area contributed by atoms with Gasteiger partial charge in [0.15, 0.2) is 0 Å². The van der Waals surface area contributed by atoms with E-state index in [0.29, 0.717) is 30.4 Å². The second kappa shape index (κ2) is 9.06. The van der Waals surface area contributed by atoms with Crippen LogP contribution in [0.15, 0.2) is 103 Å². The van der Waals surface area contributed by atoms with Crippen molar-refractivity contribution < 1.29 is 9.59 Å². The van der Waals surface area contributed by atoms with E-state index in [1.54, 1.807) is 12.7 Å². The molecule has 0 fully saturated rings. The van der Waals surface area contributed by atoms with Gasteiger partial charge in [-0.2, -0.15) is 0 Å². The van der Waals surface area contributed by atoms with Gasteiger partial charge < -0.3 is 9.13 Å². The number of hydrogen-bond acceptors (Lipinski definition) is 4. The molecule has 7 rings (SSSR count). The number of aryl methyl sites for hydroxylation is 3. The minimum absolute atomic E-state index is 0.178. The van der Waals surface area contributed by atoms with Gasteiger partial charge in [-0.1, -0.05) is 84.5 Å². The summed E-state index contributed by atoms with van der Waals surface area (Å²) >= 11 is 0. The number of benzene rings is 2. The number of carbonyl (C=O) groups is 2. The van der Waals surface area contributed by atoms with E-state index < -0.39 is 0 Å². The molecule has 0 spiro atoms. The van der Waals surface area contributed by atoms with Crippen molar-refractivity contribution in [3.8, 4) is 0 Å². The largest absolute Gasteiger partial charge is 0.327 e. The topological polar surface area (TPSA) is 69.8 Å². The zero-order chi connectivity index (χ0) is 25.6. The average Bonchev–Trinajstić information content (AvgIpc) is 3.59. The molecule has 0 aliphatic heterocycles. The maximum atomic E-state index is 13.7. The number of imidazole rings is 2. The lowest BCUT2D eigenvalue weighted by Gasteiger charge is -2.23. The van der Waals surface area contributed by atoms with Crippen molar-refractivity contribution in [1.82, 2.24) is 19.1 Å². The summed E-state index contributed by atoms with van der Waals surface area (Å²) in [5.41, 5.74) is 5.00. The van der Waals surface area contributed by atoms with Gasteiger partial charge in [0, 0.05) is 19.0 Å². The second-order valence-corrected chi connectivity index (χ2v) is 10.2. The zero-order valence-corrected chi connectivity index (χ0v) is 20.9. The second-order valence-electron chi connectivity index (χ2n) is 10.2. The molecule has 0 saturated heterocycles. The minimum Gasteiger partial charge on any atom is -0.327 e. The summed E-state index contributed by atoms with van der Waals surface area (Å²) in [6.45, 7) is 1.16. The highest BCUT2D eigenvalue weighted by atomic mass is 16.1. The van der Waals surface area contributed by atoms with E-state index in [1.165, 1.54) is 27.5 Å². The van der Waals surface area contributed by atoms with Crippen LogP contribution in [0.2, 0.25) is 0 Å². The summed E-state index contributed by atoms with van der Waals surface area (Å²) < 4.78 is 3.67. The van der Waals surface area contributed by atoms with Crippen molar-refractivity contribution in [2.24, 2.45) is 5.92 Å². The Morgan fingerprint density at radius 2 is 1.53 bits per heavy atom. The Balaban J connectivity index is 1.11. The molecule has 2 heterocycles. The van der Waals surface area contributed by atoms with Gasteiger partial charge in [0.2, 0.25) is 11.6 Å². The number of rotatable bonds is 6. The molecule has 1 atom stereocenters. The Hall–Kier alpha value is -4.58. The van der Waals surface area contributed by atoms with Crippen LogP contribution in [0.3, 0.4) is 0 Å². The van der Waals surface area contributed by atoms with Crippen molar-refractivity contribution in [3.05, 3.63) is 131 Å². The van der Waals surface area contributed by atoms with E-state index >= 15 is 0 Å². The number of allylic oxidation sites excluding steroid dienone is 8. The normalized spacial score (nSPS) is 17.7. The fourth-order valence-corrected chi connectivity index (χ4v) is 5.76. The third kappa shape index (κ3) is 3.80. The summed E-state index contributed by atoms with van der Waals surface area (Å²) in [5.74, 6) is -0.0379. The Morgan fingerprint density at radius 3 is 2.32 bits per heavy atom. The SMILES string of the molecule is O=C1c2ncn(CCC3=CC=C4C=CC=CC4C3)c2C(=O)c2c1ncn2CCc1ccc2ccccc2c1. The summed E-state index contributed by atoms with van der Waals surface area (Å²) in [4.78, 5) is 35.6. The highest BCUT2D eigenvalue weighted by Gasteiger charge is 2.37. The predicted octanol–water partition coefficient (Wildman–Crippen LogP) is 5.64. The Labute approximate surface area is 220 Å². The zero-order valence-electron chi connectivity index (χ0n) is 20.9. The number of hydrogen-bond donors (Lipinski definition) is 0. The maximum absolute atomic E-state index is 13.7. The highest BCUT2D eigenvalue weighted by Crippen LogP contribution is 2.32. The maximum Gasteiger partial charge on any atom is 0.234 e. The third-order valence-electron chi connectivity index (χ3n) is 7.83. The molecule has 3 aliphatic rings. The molecule has 0 saturated carbocycles. The lowest BCUT2D eigenvalue weighted by molar-refractivity contribution is 0.0962. The highest BCUT2D eigenvalue weighted by molar-refractivity contribution is 6.25. The van der Waals surface area contributed by atoms with Gasteiger partial charge in [-0.3, -0.25) is 9.59 Å². The predicted molar refractivity (Wildman–Crippen MR) is 146 cm³/mol. The minimum atomic E-state index is -0.276. The van der Waals surface area contributed by atoms with Crippen molar-refractivity contribution in [2.75, 3.05) is 0 Å². The summed E-state index contributed by atoms with van der Waals surface area (Å²) in [7, 11) is 0. The van der Waals surface area contributed by atoms with E-state index in [9.17, 15) is 9.59 Å². The van der Waals surface area contributed by atoms with Crippen LogP contribution in [0, 0.1) is 5.92 Å². The van der Waals surface area contributed by atoms with Crippen LogP contribution in [0.1, 0.15) is 50.8 Å². The van der Waals surface area contributed by atoms with Crippen LogP contribution in [-0.4, -0.2) is 30.7 Å². The van der Waals surface area contributed by atoms with Crippen molar-refractivity contribution >= 4 is 22.3 Å². The van der Waals surface area contributed by atoms with Gasteiger partial charge in [-0.25, -0.2) is 9.97 Å². The molecule has 186 valence electrons. The van der Waals surface area contributed by atoms with Gasteiger partial charge in [-0.15, -0.1) is 0 Å². The van der Waals surface area contributed by atoms with Gasteiger partial charge in [0.1, 0.15) is 22.8 Å². The summed E-state index contributed by atoms with van der Waals surface area (Å²) in [5, 5.41) is 2.39. The molecule has 4 aromatic rings. The molecule has 0 N–H and O–H groups in total. The van der Waals surface area contributed by atoms with E-state index in [2.05, 4.69) is 76.8 Å². The van der Waals surface area contributed by atoms with Crippen LogP contribution in [0.5, 0.6) is 0 Å². The van der Waals surface area contributed by atoms with E-state index in [-0.39, 0.29) is 23.0 Å². The van der Waals surface area contributed by atoms with Crippen molar-refractivity contribution in [3.63, 3.8) is 0 Å². The molecule has 0 bridgehead atoms. The number of nitrogens with zero attached hydrogens (tertiary/aromatic N) is 4. The third-order valence-corrected chi connectivity index (χ3v) is 7.83. The smallest absolute Gasteiger partial charge is 0.234 e. The average molecular weight is 499 g/mol. The van der Waals surface area contributed by atoms with Gasteiger partial charge in [-0.05, 0) is 41.2 Å². The molecule has 6 nitrogen and oxygen atoms in total. The number of carbonyl (C=O) groups excluding carboxylic acids is 2. The summed E-state index contributed by atoms with van der Waals surface area (Å²) in [6, 6.07) is 14.7. The molecule has 38 heavy (non-hydrogen) atoms. The monoisotopic (exact) mass is 498 g/mol. The lowest BCUT2D eigenvalue weighted by atomic mass is 9.83. The van der Waals surface area contributed by atoms with Crippen molar-refractivity contribution in [2.45, 2.75) is 32.4 Å². The molecule has 1 unspecified atom stereocenters. The number of fused-ring (bicyclic) bond motifs is 4. The Bertz CT molecular complexity index is 1740. The van der Waals surface area contributed by atoms with Crippen LogP contribution in [0.25, 0.3) is 10.8 Å². The fraction of sp³-hybridized carbons (Fsp3) is 0.188. The molecular weight excluding hydrogens is 472 g/mol. The van der Waals surface area contributed by atoms with Crippen LogP contribution >= 0.6 is 0 Å². The van der Waals surface area contributed by atoms with Gasteiger partial charge in [0.05, 0.1) is 12.7 Å². The first-order chi connectivity index (χ1) is 18.7. The Kier molecular flexibility index (Phi) is 5.39. The Morgan fingerprint density at radius 1 is 0.789 bits per heavy atom. The first-order valence-electron chi connectivity index (χ1n) is 13.1. The first kappa shape index (κ1) is 22.6. The van der Waals surface area contributed by atoms with E-state index in [0.717, 1.165) is 19.3 Å². The van der Waals surface area contributed by atoms with Crippen LogP contribution in [0.4, 0.5) is 0 Å². The molecule has 6 heteroatoms. The molecule has 0 amide bonds. The van der Waals surface area contributed by atoms with Crippen LogP contribution < -0.4 is 0 Å². The molecular formula is C32H26N4O2. The standard InChI is InChI=1S/C32H26N4O2/c37-31-27-29(35(19-33-27)15-13-21-9-11-23-5-1-3-7-25(23)17-21)32(38)30-28(31)34-20-36(30)16-14-22-10-12-24-6-2-4-8-26(24)18-22/h1-12,17,19-20,26H,13-16,18H2. The molecule has 2 aromatic heterocycles. The summed E-state index contributed by atoms with van der Waals surface area (Å²) in [6.07, 6.45) is 18.7.